The van der Waals surface area contributed by atoms with Crippen LogP contribution in [0.5, 0.6) is 0 Å². The highest BCUT2D eigenvalue weighted by atomic mass is 35.5. The zero-order valence-electron chi connectivity index (χ0n) is 12.3. The van der Waals surface area contributed by atoms with E-state index >= 15 is 0 Å². The third-order valence-electron chi connectivity index (χ3n) is 3.52. The molecule has 120 valence electrons. The predicted octanol–water partition coefficient (Wildman–Crippen LogP) is 3.60. The molecule has 3 rings (SSSR count). The standard InChI is InChI=1S/C16H15Cl2N3O2/c17-12-2-1-3-13(15(12)18)20-14-5-4-11(10-19-14)16(22)21-6-8-23-9-7-21/h1-5,10H,6-9H2,(H,19,20). The number of nitrogens with zero attached hydrogens (tertiary/aromatic N) is 2. The number of carbonyl (C=O) groups is 1. The second kappa shape index (κ2) is 7.17. The number of aromatic nitrogens is 1. The van der Waals surface area contributed by atoms with E-state index in [1.54, 1.807) is 35.4 Å². The Bertz CT molecular complexity index is 701. The van der Waals surface area contributed by atoms with E-state index in [4.69, 9.17) is 27.9 Å². The number of hydrogen-bond donors (Lipinski definition) is 1. The van der Waals surface area contributed by atoms with E-state index < -0.39 is 0 Å². The van der Waals surface area contributed by atoms with E-state index in [0.717, 1.165) is 0 Å². The molecule has 0 bridgehead atoms. The number of hydrogen-bond acceptors (Lipinski definition) is 4. The van der Waals surface area contributed by atoms with Crippen molar-refractivity contribution in [2.45, 2.75) is 0 Å². The van der Waals surface area contributed by atoms with Gasteiger partial charge in [0.05, 0.1) is 34.5 Å². The van der Waals surface area contributed by atoms with E-state index in [1.807, 2.05) is 6.07 Å². The minimum Gasteiger partial charge on any atom is -0.378 e. The van der Waals surface area contributed by atoms with Crippen LogP contribution in [-0.4, -0.2) is 42.1 Å². The molecule has 1 fully saturated rings. The predicted molar refractivity (Wildman–Crippen MR) is 90.7 cm³/mol. The maximum absolute atomic E-state index is 12.3. The summed E-state index contributed by atoms with van der Waals surface area (Å²) in [6, 6.07) is 8.80. The van der Waals surface area contributed by atoms with Crippen molar-refractivity contribution in [1.82, 2.24) is 9.88 Å². The van der Waals surface area contributed by atoms with Crippen molar-refractivity contribution in [2.75, 3.05) is 31.6 Å². The maximum atomic E-state index is 12.3. The molecule has 2 heterocycles. The maximum Gasteiger partial charge on any atom is 0.255 e. The molecule has 0 radical (unpaired) electrons. The number of pyridine rings is 1. The Morgan fingerprint density at radius 1 is 1.17 bits per heavy atom. The van der Waals surface area contributed by atoms with Gasteiger partial charge in [-0.25, -0.2) is 4.98 Å². The fourth-order valence-corrected chi connectivity index (χ4v) is 2.63. The van der Waals surface area contributed by atoms with Crippen molar-refractivity contribution >= 4 is 40.6 Å². The van der Waals surface area contributed by atoms with Crippen LogP contribution in [0.15, 0.2) is 36.5 Å². The van der Waals surface area contributed by atoms with Crippen LogP contribution in [0.4, 0.5) is 11.5 Å². The summed E-state index contributed by atoms with van der Waals surface area (Å²) in [5.74, 6) is 0.556. The molecule has 5 nitrogen and oxygen atoms in total. The van der Waals surface area contributed by atoms with Gasteiger partial charge in [-0.15, -0.1) is 0 Å². The zero-order chi connectivity index (χ0) is 16.2. The van der Waals surface area contributed by atoms with Crippen LogP contribution in [0, 0.1) is 0 Å². The third kappa shape index (κ3) is 3.75. The minimum atomic E-state index is -0.0341. The molecule has 1 aromatic carbocycles. The van der Waals surface area contributed by atoms with Gasteiger partial charge >= 0.3 is 0 Å². The molecule has 1 saturated heterocycles. The average Bonchev–Trinajstić information content (AvgIpc) is 2.60. The summed E-state index contributed by atoms with van der Waals surface area (Å²) < 4.78 is 5.25. The van der Waals surface area contributed by atoms with Gasteiger partial charge in [0.2, 0.25) is 0 Å². The van der Waals surface area contributed by atoms with Crippen molar-refractivity contribution in [3.05, 3.63) is 52.1 Å². The Morgan fingerprint density at radius 2 is 1.96 bits per heavy atom. The van der Waals surface area contributed by atoms with Crippen LogP contribution < -0.4 is 5.32 Å². The van der Waals surface area contributed by atoms with Gasteiger partial charge in [-0.05, 0) is 24.3 Å². The highest BCUT2D eigenvalue weighted by Crippen LogP contribution is 2.31. The molecule has 2 aromatic rings. The van der Waals surface area contributed by atoms with Gasteiger partial charge in [-0.1, -0.05) is 29.3 Å². The number of nitrogens with one attached hydrogen (secondary N) is 1. The lowest BCUT2D eigenvalue weighted by molar-refractivity contribution is 0.0302. The summed E-state index contributed by atoms with van der Waals surface area (Å²) in [5, 5.41) is 3.99. The lowest BCUT2D eigenvalue weighted by Gasteiger charge is -2.26. The molecular formula is C16H15Cl2N3O2. The van der Waals surface area contributed by atoms with Gasteiger partial charge in [0.15, 0.2) is 0 Å². The van der Waals surface area contributed by atoms with Gasteiger partial charge in [0.25, 0.3) is 5.91 Å². The number of halogens is 2. The van der Waals surface area contributed by atoms with E-state index in [9.17, 15) is 4.79 Å². The van der Waals surface area contributed by atoms with Gasteiger partial charge in [0.1, 0.15) is 5.82 Å². The second-order valence-electron chi connectivity index (χ2n) is 5.06. The van der Waals surface area contributed by atoms with Gasteiger partial charge in [-0.3, -0.25) is 4.79 Å². The molecule has 0 saturated carbocycles. The Kier molecular flexibility index (Phi) is 5.00. The molecule has 7 heteroatoms. The first-order chi connectivity index (χ1) is 11.1. The second-order valence-corrected chi connectivity index (χ2v) is 5.85. The third-order valence-corrected chi connectivity index (χ3v) is 4.34. The van der Waals surface area contributed by atoms with Crippen LogP contribution in [0.25, 0.3) is 0 Å². The van der Waals surface area contributed by atoms with Gasteiger partial charge < -0.3 is 15.0 Å². The highest BCUT2D eigenvalue weighted by Gasteiger charge is 2.18. The number of rotatable bonds is 3. The number of morpholine rings is 1. The van der Waals surface area contributed by atoms with Crippen molar-refractivity contribution in [3.63, 3.8) is 0 Å². The van der Waals surface area contributed by atoms with Crippen LogP contribution >= 0.6 is 23.2 Å². The molecule has 1 aliphatic rings. The molecule has 0 spiro atoms. The fraction of sp³-hybridized carbons (Fsp3) is 0.250. The Balaban J connectivity index is 1.71. The first-order valence-corrected chi connectivity index (χ1v) is 7.95. The molecule has 1 aromatic heterocycles. The molecule has 0 atom stereocenters. The van der Waals surface area contributed by atoms with Crippen molar-refractivity contribution in [2.24, 2.45) is 0 Å². The molecule has 0 unspecified atom stereocenters. The van der Waals surface area contributed by atoms with Crippen LogP contribution in [0.1, 0.15) is 10.4 Å². The summed E-state index contributed by atoms with van der Waals surface area (Å²) in [7, 11) is 0. The van der Waals surface area contributed by atoms with E-state index in [2.05, 4.69) is 10.3 Å². The molecule has 1 aliphatic heterocycles. The molecule has 1 amide bonds. The Hall–Kier alpha value is -1.82. The zero-order valence-corrected chi connectivity index (χ0v) is 13.8. The molecule has 23 heavy (non-hydrogen) atoms. The van der Waals surface area contributed by atoms with Crippen LogP contribution in [-0.2, 0) is 4.74 Å². The number of amides is 1. The number of ether oxygens (including phenoxy) is 1. The van der Waals surface area contributed by atoms with E-state index in [0.29, 0.717) is 53.4 Å². The molecule has 1 N–H and O–H groups in total. The van der Waals surface area contributed by atoms with E-state index in [1.165, 1.54) is 0 Å². The minimum absolute atomic E-state index is 0.0341. The highest BCUT2D eigenvalue weighted by molar-refractivity contribution is 6.43. The SMILES string of the molecule is O=C(c1ccc(Nc2cccc(Cl)c2Cl)nc1)N1CCOCC1. The number of benzene rings is 1. The normalized spacial score (nSPS) is 14.6. The quantitative estimate of drug-likeness (QED) is 0.917. The lowest BCUT2D eigenvalue weighted by atomic mass is 10.2. The van der Waals surface area contributed by atoms with Gasteiger partial charge in [0, 0.05) is 19.3 Å². The first kappa shape index (κ1) is 16.1. The molecule has 0 aliphatic carbocycles. The largest absolute Gasteiger partial charge is 0.378 e. The average molecular weight is 352 g/mol. The summed E-state index contributed by atoms with van der Waals surface area (Å²) >= 11 is 12.1. The first-order valence-electron chi connectivity index (χ1n) is 7.19. The fourth-order valence-electron chi connectivity index (χ4n) is 2.28. The topological polar surface area (TPSA) is 54.5 Å². The smallest absolute Gasteiger partial charge is 0.255 e. The Morgan fingerprint density at radius 3 is 2.65 bits per heavy atom. The summed E-state index contributed by atoms with van der Waals surface area (Å²) in [6.07, 6.45) is 1.55. The van der Waals surface area contributed by atoms with Crippen LogP contribution in [0.3, 0.4) is 0 Å². The van der Waals surface area contributed by atoms with Crippen molar-refractivity contribution in [3.8, 4) is 0 Å². The summed E-state index contributed by atoms with van der Waals surface area (Å²) in [6.45, 7) is 2.37. The van der Waals surface area contributed by atoms with Gasteiger partial charge in [-0.2, -0.15) is 0 Å². The lowest BCUT2D eigenvalue weighted by Crippen LogP contribution is -2.40. The van der Waals surface area contributed by atoms with Crippen molar-refractivity contribution in [1.29, 1.82) is 0 Å². The Labute approximate surface area is 144 Å². The monoisotopic (exact) mass is 351 g/mol. The molecular weight excluding hydrogens is 337 g/mol. The number of carbonyl (C=O) groups excluding carboxylic acids is 1. The van der Waals surface area contributed by atoms with Crippen molar-refractivity contribution < 1.29 is 9.53 Å². The van der Waals surface area contributed by atoms with Crippen LogP contribution in [0.2, 0.25) is 10.0 Å². The summed E-state index contributed by atoms with van der Waals surface area (Å²) in [4.78, 5) is 18.4. The number of anilines is 2. The summed E-state index contributed by atoms with van der Waals surface area (Å²) in [5.41, 5.74) is 1.22. The van der Waals surface area contributed by atoms with E-state index in [-0.39, 0.29) is 5.91 Å².